The van der Waals surface area contributed by atoms with Crippen LogP contribution in [0.5, 0.6) is 5.88 Å². The molecule has 4 aromatic rings. The van der Waals surface area contributed by atoms with Crippen molar-refractivity contribution in [2.45, 2.75) is 6.92 Å². The normalized spacial score (nSPS) is 11.4. The molecule has 0 aliphatic carbocycles. The summed E-state index contributed by atoms with van der Waals surface area (Å²) >= 11 is 0. The van der Waals surface area contributed by atoms with Crippen LogP contribution in [0.15, 0.2) is 28.8 Å². The van der Waals surface area contributed by atoms with Crippen LogP contribution in [0, 0.1) is 6.92 Å². The molecule has 0 saturated carbocycles. The highest BCUT2D eigenvalue weighted by Crippen LogP contribution is 2.35. The number of benzene rings is 1. The first kappa shape index (κ1) is 12.6. The first-order valence-electron chi connectivity index (χ1n) is 6.72. The second-order valence-corrected chi connectivity index (χ2v) is 4.93. The minimum Gasteiger partial charge on any atom is -0.480 e. The van der Waals surface area contributed by atoms with Crippen LogP contribution in [-0.2, 0) is 0 Å². The van der Waals surface area contributed by atoms with Gasteiger partial charge >= 0.3 is 0 Å². The van der Waals surface area contributed by atoms with Gasteiger partial charge < -0.3 is 19.9 Å². The maximum atomic E-state index is 5.68. The van der Waals surface area contributed by atoms with Crippen LogP contribution in [0.1, 0.15) is 5.89 Å². The molecule has 7 heteroatoms. The van der Waals surface area contributed by atoms with Crippen LogP contribution in [0.4, 0.5) is 5.95 Å². The third-order valence-electron chi connectivity index (χ3n) is 3.52. The topological polar surface area (TPSA) is 103 Å². The van der Waals surface area contributed by atoms with E-state index >= 15 is 0 Å². The van der Waals surface area contributed by atoms with Gasteiger partial charge in [-0.25, -0.2) is 4.98 Å². The Morgan fingerprint density at radius 1 is 1.23 bits per heavy atom. The molecule has 110 valence electrons. The molecule has 0 atom stereocenters. The molecule has 0 fully saturated rings. The number of methoxy groups -OCH3 is 1. The lowest BCUT2D eigenvalue weighted by Gasteiger charge is -2.04. The van der Waals surface area contributed by atoms with Gasteiger partial charge in [-0.1, -0.05) is 6.07 Å². The van der Waals surface area contributed by atoms with Gasteiger partial charge in [0.15, 0.2) is 11.5 Å². The van der Waals surface area contributed by atoms with E-state index in [4.69, 9.17) is 14.9 Å². The monoisotopic (exact) mass is 295 g/mol. The summed E-state index contributed by atoms with van der Waals surface area (Å²) in [5, 5.41) is 0.785. The van der Waals surface area contributed by atoms with Crippen molar-refractivity contribution < 1.29 is 9.15 Å². The van der Waals surface area contributed by atoms with Crippen LogP contribution in [-0.4, -0.2) is 27.0 Å². The van der Waals surface area contributed by atoms with Crippen molar-refractivity contribution in [1.29, 1.82) is 0 Å². The Labute approximate surface area is 125 Å². The number of nitrogens with two attached hydrogens (primary N) is 1. The van der Waals surface area contributed by atoms with E-state index in [1.807, 2.05) is 31.3 Å². The van der Waals surface area contributed by atoms with Gasteiger partial charge in [-0.05, 0) is 17.7 Å². The molecule has 4 rings (SSSR count). The first-order chi connectivity index (χ1) is 10.7. The molecule has 22 heavy (non-hydrogen) atoms. The zero-order valence-electron chi connectivity index (χ0n) is 12.0. The minimum absolute atomic E-state index is 0.166. The number of aromatic nitrogens is 4. The molecule has 3 N–H and O–H groups in total. The average Bonchev–Trinajstić information content (AvgIpc) is 3.07. The molecule has 7 nitrogen and oxygen atoms in total. The number of anilines is 1. The molecule has 1 aromatic carbocycles. The molecule has 0 saturated heterocycles. The van der Waals surface area contributed by atoms with Crippen molar-refractivity contribution >= 4 is 28.1 Å². The zero-order chi connectivity index (χ0) is 15.3. The highest BCUT2D eigenvalue weighted by Gasteiger charge is 2.15. The number of nitrogen functional groups attached to an aromatic ring is 1. The number of rotatable bonds is 2. The Morgan fingerprint density at radius 3 is 2.91 bits per heavy atom. The molecular weight excluding hydrogens is 282 g/mol. The van der Waals surface area contributed by atoms with E-state index in [0.29, 0.717) is 17.4 Å². The van der Waals surface area contributed by atoms with Crippen LogP contribution in [0.2, 0.25) is 0 Å². The highest BCUT2D eigenvalue weighted by molar-refractivity contribution is 5.99. The summed E-state index contributed by atoms with van der Waals surface area (Å²) in [6.45, 7) is 1.82. The summed E-state index contributed by atoms with van der Waals surface area (Å²) in [6.07, 6.45) is 1.85. The van der Waals surface area contributed by atoms with Crippen LogP contribution >= 0.6 is 0 Å². The summed E-state index contributed by atoms with van der Waals surface area (Å²) in [5.74, 6) is 1.24. The quantitative estimate of drug-likeness (QED) is 0.589. The Balaban J connectivity index is 1.99. The second-order valence-electron chi connectivity index (χ2n) is 4.93. The molecule has 3 aromatic heterocycles. The van der Waals surface area contributed by atoms with Gasteiger partial charge in [0.05, 0.1) is 12.5 Å². The average molecular weight is 295 g/mol. The number of nitrogens with one attached hydrogen (secondary N) is 1. The Bertz CT molecular complexity index is 1000. The van der Waals surface area contributed by atoms with E-state index < -0.39 is 0 Å². The van der Waals surface area contributed by atoms with Crippen molar-refractivity contribution in [2.75, 3.05) is 12.8 Å². The molecule has 0 aliphatic rings. The molecule has 0 unspecified atom stereocenters. The van der Waals surface area contributed by atoms with Gasteiger partial charge in [-0.2, -0.15) is 9.97 Å². The maximum absolute atomic E-state index is 5.68. The van der Waals surface area contributed by atoms with Gasteiger partial charge in [-0.3, -0.25) is 0 Å². The van der Waals surface area contributed by atoms with Gasteiger partial charge in [0, 0.05) is 18.7 Å². The van der Waals surface area contributed by atoms with Gasteiger partial charge in [-0.15, -0.1) is 0 Å². The standard InChI is InChI=1S/C15H13N5O2/c1-7-18-10-4-3-8(5-11(10)22-7)9-6-17-13-12(9)14(21-2)20-15(16)19-13/h3-6H,1-2H3,(H3,16,17,19,20). The minimum atomic E-state index is 0.166. The van der Waals surface area contributed by atoms with Crippen molar-refractivity contribution in [3.63, 3.8) is 0 Å². The third kappa shape index (κ3) is 1.79. The Kier molecular flexibility index (Phi) is 2.56. The molecule has 0 spiro atoms. The number of H-pyrrole nitrogens is 1. The molecule has 0 amide bonds. The lowest BCUT2D eigenvalue weighted by molar-refractivity contribution is 0.403. The van der Waals surface area contributed by atoms with Gasteiger partial charge in [0.25, 0.3) is 0 Å². The number of nitrogens with zero attached hydrogens (tertiary/aromatic N) is 3. The summed E-state index contributed by atoms with van der Waals surface area (Å²) in [5.41, 5.74) is 9.75. The maximum Gasteiger partial charge on any atom is 0.228 e. The Morgan fingerprint density at radius 2 is 2.09 bits per heavy atom. The van der Waals surface area contributed by atoms with Crippen LogP contribution in [0.25, 0.3) is 33.3 Å². The summed E-state index contributed by atoms with van der Waals surface area (Å²) in [7, 11) is 1.56. The van der Waals surface area contributed by atoms with Gasteiger partial charge in [0.1, 0.15) is 11.2 Å². The lowest BCUT2D eigenvalue weighted by Crippen LogP contribution is -1.98. The smallest absolute Gasteiger partial charge is 0.228 e. The van der Waals surface area contributed by atoms with Crippen molar-refractivity contribution in [3.05, 3.63) is 30.3 Å². The summed E-state index contributed by atoms with van der Waals surface area (Å²) in [4.78, 5) is 15.7. The van der Waals surface area contributed by atoms with E-state index in [9.17, 15) is 0 Å². The molecular formula is C15H13N5O2. The molecule has 3 heterocycles. The second kappa shape index (κ2) is 4.45. The summed E-state index contributed by atoms with van der Waals surface area (Å²) < 4.78 is 10.9. The Hall–Kier alpha value is -3.09. The number of hydrogen-bond donors (Lipinski definition) is 2. The first-order valence-corrected chi connectivity index (χ1v) is 6.72. The van der Waals surface area contributed by atoms with Crippen molar-refractivity contribution in [3.8, 4) is 17.0 Å². The summed E-state index contributed by atoms with van der Waals surface area (Å²) in [6, 6.07) is 5.83. The lowest BCUT2D eigenvalue weighted by atomic mass is 10.1. The van der Waals surface area contributed by atoms with Crippen molar-refractivity contribution in [2.24, 2.45) is 0 Å². The van der Waals surface area contributed by atoms with E-state index in [0.717, 1.165) is 27.6 Å². The number of oxazole rings is 1. The van der Waals surface area contributed by atoms with Gasteiger partial charge in [0.2, 0.25) is 11.8 Å². The fourth-order valence-electron chi connectivity index (χ4n) is 2.60. The number of aromatic amines is 1. The molecule has 0 radical (unpaired) electrons. The fraction of sp³-hybridized carbons (Fsp3) is 0.133. The number of hydrogen-bond acceptors (Lipinski definition) is 6. The largest absolute Gasteiger partial charge is 0.480 e. The van der Waals surface area contributed by atoms with Crippen LogP contribution < -0.4 is 10.5 Å². The predicted octanol–water partition coefficient (Wildman–Crippen LogP) is 2.67. The number of fused-ring (bicyclic) bond motifs is 2. The third-order valence-corrected chi connectivity index (χ3v) is 3.52. The molecule has 0 bridgehead atoms. The zero-order valence-corrected chi connectivity index (χ0v) is 12.0. The molecule has 0 aliphatic heterocycles. The predicted molar refractivity (Wildman–Crippen MR) is 82.6 cm³/mol. The van der Waals surface area contributed by atoms with Crippen LogP contribution in [0.3, 0.4) is 0 Å². The SMILES string of the molecule is COc1nc(N)nc2[nH]cc(-c3ccc4nc(C)oc4c3)c12. The number of aryl methyl sites for hydroxylation is 1. The van der Waals surface area contributed by atoms with E-state index in [1.54, 1.807) is 7.11 Å². The van der Waals surface area contributed by atoms with Crippen molar-refractivity contribution in [1.82, 2.24) is 19.9 Å². The number of ether oxygens (including phenoxy) is 1. The fourth-order valence-corrected chi connectivity index (χ4v) is 2.60. The van der Waals surface area contributed by atoms with E-state index in [1.165, 1.54) is 0 Å². The van der Waals surface area contributed by atoms with E-state index in [2.05, 4.69) is 19.9 Å². The highest BCUT2D eigenvalue weighted by atomic mass is 16.5. The van der Waals surface area contributed by atoms with E-state index in [-0.39, 0.29) is 5.95 Å².